The highest BCUT2D eigenvalue weighted by atomic mass is 16.1. The molecule has 0 aromatic heterocycles. The number of hydrogen-bond donors (Lipinski definition) is 0. The second-order valence-corrected chi connectivity index (χ2v) is 20.8. The van der Waals surface area contributed by atoms with Gasteiger partial charge in [0.25, 0.3) is 0 Å². The van der Waals surface area contributed by atoms with Crippen LogP contribution in [-0.2, 0) is 5.41 Å². The molecule has 0 fully saturated rings. The van der Waals surface area contributed by atoms with Crippen LogP contribution in [-0.4, -0.2) is 11.6 Å². The predicted molar refractivity (Wildman–Crippen MR) is 334 cm³/mol. The molecule has 0 radical (unpaired) electrons. The van der Waals surface area contributed by atoms with Gasteiger partial charge in [0.2, 0.25) is 0 Å². The smallest absolute Gasteiger partial charge is 0.193 e. The van der Waals surface area contributed by atoms with Crippen molar-refractivity contribution < 1.29 is 9.59 Å². The second-order valence-electron chi connectivity index (χ2n) is 20.8. The summed E-state index contributed by atoms with van der Waals surface area (Å²) >= 11 is 0. The zero-order valence-corrected chi connectivity index (χ0v) is 44.6. The van der Waals surface area contributed by atoms with E-state index in [0.717, 1.165) is 111 Å². The largest absolute Gasteiger partial charge is 0.289 e. The molecule has 13 rings (SSSR count). The average molecular weight is 1040 g/mol. The lowest BCUT2D eigenvalue weighted by Crippen LogP contribution is -2.30. The molecular formula is C79H54O2. The summed E-state index contributed by atoms with van der Waals surface area (Å²) in [7, 11) is 0. The van der Waals surface area contributed by atoms with Crippen molar-refractivity contribution in [1.29, 1.82) is 0 Å². The minimum Gasteiger partial charge on any atom is -0.289 e. The Morgan fingerprint density at radius 1 is 0.235 bits per heavy atom. The van der Waals surface area contributed by atoms with Crippen molar-refractivity contribution in [2.45, 2.75) is 5.41 Å². The fourth-order valence-electron chi connectivity index (χ4n) is 11.9. The monoisotopic (exact) mass is 1030 g/mol. The van der Waals surface area contributed by atoms with Gasteiger partial charge >= 0.3 is 0 Å². The van der Waals surface area contributed by atoms with E-state index < -0.39 is 5.41 Å². The van der Waals surface area contributed by atoms with E-state index in [2.05, 4.69) is 170 Å². The number of rotatable bonds is 14. The highest BCUT2D eigenvalue weighted by Gasteiger charge is 2.47. The van der Waals surface area contributed by atoms with Crippen LogP contribution < -0.4 is 0 Å². The predicted octanol–water partition coefficient (Wildman–Crippen LogP) is 19.3. The number of hydrogen-bond acceptors (Lipinski definition) is 2. The third-order valence-electron chi connectivity index (χ3n) is 16.1. The third-order valence-corrected chi connectivity index (χ3v) is 16.1. The molecule has 0 saturated heterocycles. The van der Waals surface area contributed by atoms with E-state index in [0.29, 0.717) is 22.3 Å². The van der Waals surface area contributed by atoms with Crippen LogP contribution in [0.4, 0.5) is 0 Å². The standard InChI is InChI=1S/C79H54O2/c1-53(55-31-35-61(36-32-55)57-19-7-3-8-20-57)67-47-69(77(80)65-43-39-63(40-44-65)59-23-11-5-12-24-59)51-71(49-67)79(75-29-17-15-27-73(75)74-28-16-18-30-76(74)79)72-50-68(54(2)56-33-37-62(38-34-56)58-21-9-4-10-22-58)48-70(52-72)78(81)66-45-41-64(42-46-66)60-25-13-6-14-26-60/h3-52H,1-2H2. The molecule has 1 aliphatic rings. The summed E-state index contributed by atoms with van der Waals surface area (Å²) in [4.78, 5) is 30.9. The number of carbonyl (C=O) groups is 2. The van der Waals surface area contributed by atoms with Crippen LogP contribution in [0.5, 0.6) is 0 Å². The number of carbonyl (C=O) groups excluding carboxylic acids is 2. The summed E-state index contributed by atoms with van der Waals surface area (Å²) in [6.07, 6.45) is 0. The SMILES string of the molecule is C=C(c1ccc(-c2ccccc2)cc1)c1cc(C(=O)c2ccc(-c3ccccc3)cc2)cc(C2(c3cc(C(=C)c4ccc(-c5ccccc5)cc4)cc(C(=O)c4ccc(-c5ccccc5)cc4)c3)c3ccccc3-c3ccccc32)c1. The first-order valence-corrected chi connectivity index (χ1v) is 27.4. The van der Waals surface area contributed by atoms with Crippen molar-refractivity contribution in [2.24, 2.45) is 0 Å². The van der Waals surface area contributed by atoms with Crippen LogP contribution in [0, 0.1) is 0 Å². The first-order chi connectivity index (χ1) is 39.8. The van der Waals surface area contributed by atoms with E-state index in [4.69, 9.17) is 13.2 Å². The van der Waals surface area contributed by atoms with E-state index in [1.807, 2.05) is 133 Å². The van der Waals surface area contributed by atoms with Gasteiger partial charge in [-0.05, 0) is 148 Å². The van der Waals surface area contributed by atoms with Crippen LogP contribution in [0.2, 0.25) is 0 Å². The maximum absolute atomic E-state index is 15.4. The zero-order valence-electron chi connectivity index (χ0n) is 44.6. The topological polar surface area (TPSA) is 34.1 Å². The van der Waals surface area contributed by atoms with Crippen LogP contribution in [0.15, 0.2) is 316 Å². The molecule has 2 heteroatoms. The molecule has 0 unspecified atom stereocenters. The lowest BCUT2D eigenvalue weighted by molar-refractivity contribution is 0.103. The van der Waals surface area contributed by atoms with Gasteiger partial charge in [-0.2, -0.15) is 0 Å². The molecule has 0 spiro atoms. The van der Waals surface area contributed by atoms with Crippen LogP contribution in [0.3, 0.4) is 0 Å². The van der Waals surface area contributed by atoms with Crippen LogP contribution in [0.25, 0.3) is 66.8 Å². The minimum absolute atomic E-state index is 0.115. The molecule has 12 aromatic rings. The molecule has 81 heavy (non-hydrogen) atoms. The van der Waals surface area contributed by atoms with Gasteiger partial charge in [-0.1, -0.05) is 280 Å². The Morgan fingerprint density at radius 2 is 0.481 bits per heavy atom. The molecule has 0 aliphatic heterocycles. The Hall–Kier alpha value is -10.5. The van der Waals surface area contributed by atoms with Gasteiger partial charge in [-0.25, -0.2) is 0 Å². The lowest BCUT2D eigenvalue weighted by atomic mass is 9.66. The van der Waals surface area contributed by atoms with Crippen molar-refractivity contribution in [3.63, 3.8) is 0 Å². The molecule has 0 heterocycles. The Morgan fingerprint density at radius 3 is 0.790 bits per heavy atom. The molecule has 0 amide bonds. The molecule has 12 aromatic carbocycles. The van der Waals surface area contributed by atoms with Gasteiger partial charge in [0, 0.05) is 22.3 Å². The van der Waals surface area contributed by atoms with E-state index in [1.165, 1.54) is 0 Å². The zero-order chi connectivity index (χ0) is 54.9. The van der Waals surface area contributed by atoms with E-state index in [1.54, 1.807) is 0 Å². The van der Waals surface area contributed by atoms with Crippen molar-refractivity contribution >= 4 is 22.7 Å². The molecule has 0 saturated carbocycles. The number of fused-ring (bicyclic) bond motifs is 3. The average Bonchev–Trinajstić information content (AvgIpc) is 2.87. The molecule has 1 aliphatic carbocycles. The highest BCUT2D eigenvalue weighted by Crippen LogP contribution is 2.57. The minimum atomic E-state index is -1.06. The summed E-state index contributed by atoms with van der Waals surface area (Å²) in [6, 6.07) is 104. The Labute approximate surface area is 474 Å². The second kappa shape index (κ2) is 21.4. The van der Waals surface area contributed by atoms with E-state index >= 15 is 9.59 Å². The molecule has 0 N–H and O–H groups in total. The fourth-order valence-corrected chi connectivity index (χ4v) is 11.9. The van der Waals surface area contributed by atoms with Crippen LogP contribution >= 0.6 is 0 Å². The maximum atomic E-state index is 15.4. The molecule has 0 bridgehead atoms. The Bertz CT molecular complexity index is 3820. The molecule has 382 valence electrons. The molecular weight excluding hydrogens is 981 g/mol. The van der Waals surface area contributed by atoms with Crippen molar-refractivity contribution in [3.8, 4) is 55.6 Å². The first-order valence-electron chi connectivity index (χ1n) is 27.4. The maximum Gasteiger partial charge on any atom is 0.193 e. The van der Waals surface area contributed by atoms with Crippen molar-refractivity contribution in [2.75, 3.05) is 0 Å². The van der Waals surface area contributed by atoms with Gasteiger partial charge in [0.05, 0.1) is 5.41 Å². The fraction of sp³-hybridized carbons (Fsp3) is 0.0127. The highest BCUT2D eigenvalue weighted by molar-refractivity contribution is 6.11. The molecule has 2 nitrogen and oxygen atoms in total. The van der Waals surface area contributed by atoms with Gasteiger partial charge < -0.3 is 0 Å². The quantitative estimate of drug-likeness (QED) is 0.102. The van der Waals surface area contributed by atoms with E-state index in [9.17, 15) is 0 Å². The first kappa shape index (κ1) is 50.0. The third kappa shape index (κ3) is 9.39. The Balaban J connectivity index is 1.03. The summed E-state index contributed by atoms with van der Waals surface area (Å²) in [5.74, 6) is -0.230. The van der Waals surface area contributed by atoms with Gasteiger partial charge in [-0.3, -0.25) is 9.59 Å². The lowest BCUT2D eigenvalue weighted by Gasteiger charge is -2.35. The molecule has 0 atom stereocenters. The number of benzene rings is 12. The van der Waals surface area contributed by atoms with Gasteiger partial charge in [-0.15, -0.1) is 0 Å². The van der Waals surface area contributed by atoms with E-state index in [-0.39, 0.29) is 11.6 Å². The van der Waals surface area contributed by atoms with Gasteiger partial charge in [0.15, 0.2) is 11.6 Å². The van der Waals surface area contributed by atoms with Crippen molar-refractivity contribution in [3.05, 3.63) is 383 Å². The van der Waals surface area contributed by atoms with Gasteiger partial charge in [0.1, 0.15) is 0 Å². The summed E-state index contributed by atoms with van der Waals surface area (Å²) in [5, 5.41) is 0. The normalized spacial score (nSPS) is 12.0. The van der Waals surface area contributed by atoms with Crippen LogP contribution in [0.1, 0.15) is 76.4 Å². The van der Waals surface area contributed by atoms with Crippen molar-refractivity contribution in [1.82, 2.24) is 0 Å². The summed E-state index contributed by atoms with van der Waals surface area (Å²) < 4.78 is 0. The summed E-state index contributed by atoms with van der Waals surface area (Å²) in [5.41, 5.74) is 20.7. The number of ketones is 2. The Kier molecular flexibility index (Phi) is 13.2. The summed E-state index contributed by atoms with van der Waals surface area (Å²) in [6.45, 7) is 9.59.